The lowest BCUT2D eigenvalue weighted by Gasteiger charge is -2.34. The van der Waals surface area contributed by atoms with Gasteiger partial charge in [-0.2, -0.15) is 0 Å². The Hall–Kier alpha value is -1.95. The van der Waals surface area contributed by atoms with Gasteiger partial charge in [-0.3, -0.25) is 4.79 Å². The first-order valence-corrected chi connectivity index (χ1v) is 8.41. The number of aromatic carboxylic acids is 1. The molecular formula is C18H24FNO4. The number of hydrogen-bond acceptors (Lipinski definition) is 3. The van der Waals surface area contributed by atoms with E-state index in [9.17, 15) is 14.0 Å². The van der Waals surface area contributed by atoms with Crippen LogP contribution in [0.2, 0.25) is 0 Å². The highest BCUT2D eigenvalue weighted by Gasteiger charge is 2.29. The number of carbonyl (C=O) groups excluding carboxylic acids is 1. The first-order chi connectivity index (χ1) is 11.5. The van der Waals surface area contributed by atoms with E-state index in [1.807, 2.05) is 0 Å². The zero-order chi connectivity index (χ0) is 17.7. The molecule has 0 spiro atoms. The number of amides is 1. The Kier molecular flexibility index (Phi) is 6.31. The van der Waals surface area contributed by atoms with Crippen LogP contribution in [0.15, 0.2) is 18.2 Å². The van der Waals surface area contributed by atoms with Crippen LogP contribution in [0.3, 0.4) is 0 Å². The summed E-state index contributed by atoms with van der Waals surface area (Å²) in [6, 6.07) is 3.26. The Balaban J connectivity index is 2.02. The van der Waals surface area contributed by atoms with Crippen molar-refractivity contribution < 1.29 is 23.8 Å². The predicted octanol–water partition coefficient (Wildman–Crippen LogP) is 3.24. The maximum atomic E-state index is 14.0. The Morgan fingerprint density at radius 1 is 1.38 bits per heavy atom. The SMILES string of the molecule is CCC(CC)[C@H]1C[C@H](NC(=O)c2ccc(C(=O)O)cc2F)CCO1. The average molecular weight is 337 g/mol. The van der Waals surface area contributed by atoms with Crippen molar-refractivity contribution >= 4 is 11.9 Å². The molecule has 0 saturated carbocycles. The van der Waals surface area contributed by atoms with E-state index in [0.29, 0.717) is 25.4 Å². The van der Waals surface area contributed by atoms with Gasteiger partial charge in [-0.1, -0.05) is 26.7 Å². The first kappa shape index (κ1) is 18.4. The normalized spacial score (nSPS) is 20.8. The second-order valence-corrected chi connectivity index (χ2v) is 6.18. The van der Waals surface area contributed by atoms with Gasteiger partial charge in [0, 0.05) is 12.6 Å². The van der Waals surface area contributed by atoms with Gasteiger partial charge in [0.15, 0.2) is 0 Å². The number of carboxylic acid groups (broad SMARTS) is 1. The average Bonchev–Trinajstić information content (AvgIpc) is 2.56. The van der Waals surface area contributed by atoms with Crippen molar-refractivity contribution in [2.75, 3.05) is 6.61 Å². The van der Waals surface area contributed by atoms with Crippen LogP contribution in [-0.4, -0.2) is 35.7 Å². The fourth-order valence-corrected chi connectivity index (χ4v) is 3.20. The zero-order valence-corrected chi connectivity index (χ0v) is 14.0. The number of hydrogen-bond donors (Lipinski definition) is 2. The molecule has 0 unspecified atom stereocenters. The number of halogens is 1. The van der Waals surface area contributed by atoms with Crippen LogP contribution in [0.4, 0.5) is 4.39 Å². The van der Waals surface area contributed by atoms with Crippen LogP contribution in [0.1, 0.15) is 60.2 Å². The first-order valence-electron chi connectivity index (χ1n) is 8.41. The van der Waals surface area contributed by atoms with Gasteiger partial charge in [-0.25, -0.2) is 9.18 Å². The third-order valence-electron chi connectivity index (χ3n) is 4.69. The summed E-state index contributed by atoms with van der Waals surface area (Å²) in [6.45, 7) is 4.82. The number of carboxylic acids is 1. The molecule has 24 heavy (non-hydrogen) atoms. The van der Waals surface area contributed by atoms with Crippen molar-refractivity contribution in [3.05, 3.63) is 35.1 Å². The molecule has 1 aliphatic rings. The van der Waals surface area contributed by atoms with E-state index in [2.05, 4.69) is 19.2 Å². The van der Waals surface area contributed by atoms with E-state index in [1.54, 1.807) is 0 Å². The van der Waals surface area contributed by atoms with E-state index in [0.717, 1.165) is 18.9 Å². The summed E-state index contributed by atoms with van der Waals surface area (Å²) in [5.74, 6) is -2.11. The zero-order valence-electron chi connectivity index (χ0n) is 14.0. The van der Waals surface area contributed by atoms with Gasteiger partial charge in [-0.15, -0.1) is 0 Å². The van der Waals surface area contributed by atoms with Crippen molar-refractivity contribution in [1.29, 1.82) is 0 Å². The van der Waals surface area contributed by atoms with Crippen LogP contribution in [0.5, 0.6) is 0 Å². The molecule has 1 aliphatic heterocycles. The maximum absolute atomic E-state index is 14.0. The van der Waals surface area contributed by atoms with Crippen molar-refractivity contribution in [3.63, 3.8) is 0 Å². The topological polar surface area (TPSA) is 75.6 Å². The lowest BCUT2D eigenvalue weighted by Crippen LogP contribution is -2.44. The molecule has 132 valence electrons. The van der Waals surface area contributed by atoms with E-state index in [1.165, 1.54) is 12.1 Å². The molecule has 0 radical (unpaired) electrons. The highest BCUT2D eigenvalue weighted by molar-refractivity contribution is 5.96. The molecule has 1 aromatic carbocycles. The van der Waals surface area contributed by atoms with Crippen LogP contribution in [0, 0.1) is 11.7 Å². The van der Waals surface area contributed by atoms with Crippen LogP contribution in [0.25, 0.3) is 0 Å². The van der Waals surface area contributed by atoms with Crippen LogP contribution < -0.4 is 5.32 Å². The fourth-order valence-electron chi connectivity index (χ4n) is 3.20. The lowest BCUT2D eigenvalue weighted by molar-refractivity contribution is -0.0337. The van der Waals surface area contributed by atoms with Gasteiger partial charge in [0.25, 0.3) is 5.91 Å². The second kappa shape index (κ2) is 8.24. The van der Waals surface area contributed by atoms with E-state index in [4.69, 9.17) is 9.84 Å². The number of carbonyl (C=O) groups is 2. The lowest BCUT2D eigenvalue weighted by atomic mass is 9.89. The monoisotopic (exact) mass is 337 g/mol. The number of benzene rings is 1. The standard InChI is InChI=1S/C18H24FNO4/c1-3-11(4-2)16-10-13(7-8-24-16)20-17(21)14-6-5-12(18(22)23)9-15(14)19/h5-6,9,11,13,16H,3-4,7-8,10H2,1-2H3,(H,20,21)(H,22,23)/t13-,16-/m1/s1. The molecule has 0 aromatic heterocycles. The molecule has 2 atom stereocenters. The Bertz CT molecular complexity index is 601. The number of ether oxygens (including phenoxy) is 1. The van der Waals surface area contributed by atoms with Crippen molar-refractivity contribution in [2.24, 2.45) is 5.92 Å². The molecule has 1 amide bonds. The van der Waals surface area contributed by atoms with Gasteiger partial charge in [0.05, 0.1) is 17.2 Å². The van der Waals surface area contributed by atoms with Gasteiger partial charge < -0.3 is 15.2 Å². The summed E-state index contributed by atoms with van der Waals surface area (Å²) < 4.78 is 19.8. The Morgan fingerprint density at radius 3 is 2.67 bits per heavy atom. The van der Waals surface area contributed by atoms with Crippen molar-refractivity contribution in [2.45, 2.75) is 51.7 Å². The summed E-state index contributed by atoms with van der Waals surface area (Å²) in [7, 11) is 0. The summed E-state index contributed by atoms with van der Waals surface area (Å²) in [4.78, 5) is 23.1. The summed E-state index contributed by atoms with van der Waals surface area (Å²) >= 11 is 0. The molecule has 0 aliphatic carbocycles. The summed E-state index contributed by atoms with van der Waals surface area (Å²) in [5, 5.41) is 11.7. The molecule has 1 fully saturated rings. The van der Waals surface area contributed by atoms with Crippen LogP contribution >= 0.6 is 0 Å². The minimum atomic E-state index is -1.22. The molecule has 5 nitrogen and oxygen atoms in total. The quantitative estimate of drug-likeness (QED) is 0.835. The van der Waals surface area contributed by atoms with E-state index >= 15 is 0 Å². The molecule has 6 heteroatoms. The fraction of sp³-hybridized carbons (Fsp3) is 0.556. The highest BCUT2D eigenvalue weighted by atomic mass is 19.1. The van der Waals surface area contributed by atoms with Crippen LogP contribution in [-0.2, 0) is 4.74 Å². The highest BCUT2D eigenvalue weighted by Crippen LogP contribution is 2.25. The number of nitrogens with one attached hydrogen (secondary N) is 1. The molecule has 2 rings (SSSR count). The Morgan fingerprint density at radius 2 is 2.08 bits per heavy atom. The minimum Gasteiger partial charge on any atom is -0.478 e. The van der Waals surface area contributed by atoms with Gasteiger partial charge in [0.2, 0.25) is 0 Å². The molecule has 0 bridgehead atoms. The third kappa shape index (κ3) is 4.32. The molecule has 1 aromatic rings. The number of rotatable bonds is 6. The van der Waals surface area contributed by atoms with Crippen molar-refractivity contribution in [3.8, 4) is 0 Å². The molecule has 2 N–H and O–H groups in total. The molecule has 1 saturated heterocycles. The molecule has 1 heterocycles. The van der Waals surface area contributed by atoms with E-state index in [-0.39, 0.29) is 23.3 Å². The Labute approximate surface area is 141 Å². The summed E-state index contributed by atoms with van der Waals surface area (Å²) in [5.41, 5.74) is -0.311. The third-order valence-corrected chi connectivity index (χ3v) is 4.69. The smallest absolute Gasteiger partial charge is 0.335 e. The second-order valence-electron chi connectivity index (χ2n) is 6.18. The molecular weight excluding hydrogens is 313 g/mol. The summed E-state index contributed by atoms with van der Waals surface area (Å²) in [6.07, 6.45) is 3.56. The van der Waals surface area contributed by atoms with Gasteiger partial charge >= 0.3 is 5.97 Å². The van der Waals surface area contributed by atoms with Crippen molar-refractivity contribution in [1.82, 2.24) is 5.32 Å². The predicted molar refractivity (Wildman–Crippen MR) is 87.7 cm³/mol. The largest absolute Gasteiger partial charge is 0.478 e. The maximum Gasteiger partial charge on any atom is 0.335 e. The van der Waals surface area contributed by atoms with Gasteiger partial charge in [0.1, 0.15) is 5.82 Å². The minimum absolute atomic E-state index is 0.0598. The van der Waals surface area contributed by atoms with Gasteiger partial charge in [-0.05, 0) is 37.0 Å². The van der Waals surface area contributed by atoms with E-state index < -0.39 is 17.7 Å².